The van der Waals surface area contributed by atoms with E-state index >= 15 is 0 Å². The van der Waals surface area contributed by atoms with E-state index in [1.54, 1.807) is 37.5 Å². The summed E-state index contributed by atoms with van der Waals surface area (Å²) in [5.74, 6) is 0.524. The van der Waals surface area contributed by atoms with Crippen LogP contribution in [-0.4, -0.2) is 56.8 Å². The lowest BCUT2D eigenvalue weighted by Crippen LogP contribution is -2.45. The van der Waals surface area contributed by atoms with E-state index in [2.05, 4.69) is 18.7 Å². The molecule has 7 heteroatoms. The second kappa shape index (κ2) is 10.6. The molecule has 1 aliphatic heterocycles. The molecule has 0 spiro atoms. The van der Waals surface area contributed by atoms with E-state index in [1.807, 2.05) is 23.1 Å². The summed E-state index contributed by atoms with van der Waals surface area (Å²) in [5, 5.41) is 0. The van der Waals surface area contributed by atoms with Gasteiger partial charge in [0.15, 0.2) is 0 Å². The van der Waals surface area contributed by atoms with Crippen molar-refractivity contribution in [3.63, 3.8) is 0 Å². The van der Waals surface area contributed by atoms with E-state index in [0.717, 1.165) is 6.42 Å². The van der Waals surface area contributed by atoms with Gasteiger partial charge in [-0.3, -0.25) is 4.79 Å². The van der Waals surface area contributed by atoms with Gasteiger partial charge in [0.25, 0.3) is 0 Å². The Balaban J connectivity index is 1.59. The Labute approximate surface area is 185 Å². The van der Waals surface area contributed by atoms with Crippen molar-refractivity contribution in [2.24, 2.45) is 5.92 Å². The van der Waals surface area contributed by atoms with Gasteiger partial charge in [-0.15, -0.1) is 6.58 Å². The maximum absolute atomic E-state index is 13.1. The molecule has 2 aromatic rings. The van der Waals surface area contributed by atoms with E-state index < -0.39 is 10.0 Å². The van der Waals surface area contributed by atoms with Crippen molar-refractivity contribution < 1.29 is 17.9 Å². The van der Waals surface area contributed by atoms with Crippen LogP contribution in [0, 0.1) is 5.92 Å². The van der Waals surface area contributed by atoms with Gasteiger partial charge in [0.1, 0.15) is 5.75 Å². The van der Waals surface area contributed by atoms with Gasteiger partial charge in [0.2, 0.25) is 15.9 Å². The summed E-state index contributed by atoms with van der Waals surface area (Å²) in [6, 6.07) is 16.5. The number of hydrogen-bond acceptors (Lipinski definition) is 4. The number of piperidine rings is 1. The molecular formula is C24H30N2O4S. The van der Waals surface area contributed by atoms with Crippen LogP contribution in [0.4, 0.5) is 0 Å². The molecule has 0 unspecified atom stereocenters. The molecule has 0 N–H and O–H groups in total. The van der Waals surface area contributed by atoms with Crippen molar-refractivity contribution in [3.05, 3.63) is 72.8 Å². The summed E-state index contributed by atoms with van der Waals surface area (Å²) in [4.78, 5) is 15.2. The highest BCUT2D eigenvalue weighted by atomic mass is 32.2. The summed E-state index contributed by atoms with van der Waals surface area (Å²) < 4.78 is 32.4. The average molecular weight is 443 g/mol. The second-order valence-corrected chi connectivity index (χ2v) is 9.60. The first-order valence-electron chi connectivity index (χ1n) is 10.5. The minimum Gasteiger partial charge on any atom is -0.497 e. The van der Waals surface area contributed by atoms with Crippen LogP contribution in [0.2, 0.25) is 0 Å². The van der Waals surface area contributed by atoms with E-state index in [1.165, 1.54) is 9.87 Å². The van der Waals surface area contributed by atoms with Gasteiger partial charge in [-0.25, -0.2) is 8.42 Å². The maximum Gasteiger partial charge on any atom is 0.243 e. The minimum absolute atomic E-state index is 0.0809. The molecule has 166 valence electrons. The molecule has 0 radical (unpaired) electrons. The van der Waals surface area contributed by atoms with Crippen molar-refractivity contribution in [2.75, 3.05) is 33.3 Å². The second-order valence-electron chi connectivity index (χ2n) is 7.66. The fourth-order valence-electron chi connectivity index (χ4n) is 3.85. The van der Waals surface area contributed by atoms with E-state index in [-0.39, 0.29) is 16.7 Å². The van der Waals surface area contributed by atoms with Crippen molar-refractivity contribution in [3.8, 4) is 5.75 Å². The molecule has 1 fully saturated rings. The third-order valence-electron chi connectivity index (χ3n) is 5.67. The summed E-state index contributed by atoms with van der Waals surface area (Å²) in [6.45, 7) is 5.58. The summed E-state index contributed by atoms with van der Waals surface area (Å²) in [5.41, 5.74) is 1.18. The van der Waals surface area contributed by atoms with Crippen LogP contribution >= 0.6 is 0 Å². The van der Waals surface area contributed by atoms with Crippen LogP contribution in [0.1, 0.15) is 18.4 Å². The molecule has 1 heterocycles. The lowest BCUT2D eigenvalue weighted by molar-refractivity contribution is -0.136. The number of rotatable bonds is 9. The number of sulfonamides is 1. The van der Waals surface area contributed by atoms with E-state index in [4.69, 9.17) is 4.74 Å². The zero-order valence-electron chi connectivity index (χ0n) is 17.9. The van der Waals surface area contributed by atoms with Crippen LogP contribution in [0.15, 0.2) is 72.1 Å². The van der Waals surface area contributed by atoms with E-state index in [0.29, 0.717) is 44.8 Å². The highest BCUT2D eigenvalue weighted by Gasteiger charge is 2.33. The number of carbonyl (C=O) groups is 1. The maximum atomic E-state index is 13.1. The first-order valence-corrected chi connectivity index (χ1v) is 12.0. The first kappa shape index (κ1) is 23.0. The number of methoxy groups -OCH3 is 1. The third-order valence-corrected chi connectivity index (χ3v) is 7.59. The molecule has 3 rings (SSSR count). The summed E-state index contributed by atoms with van der Waals surface area (Å²) in [6.07, 6.45) is 3.57. The van der Waals surface area contributed by atoms with Gasteiger partial charge in [0, 0.05) is 32.1 Å². The van der Waals surface area contributed by atoms with Gasteiger partial charge in [-0.05, 0) is 49.1 Å². The Morgan fingerprint density at radius 2 is 1.77 bits per heavy atom. The number of amides is 1. The highest BCUT2D eigenvalue weighted by Crippen LogP contribution is 2.26. The fourth-order valence-corrected chi connectivity index (χ4v) is 5.32. The molecular weight excluding hydrogens is 412 g/mol. The molecule has 1 aliphatic rings. The fraction of sp³-hybridized carbons (Fsp3) is 0.375. The molecule has 1 saturated heterocycles. The Bertz CT molecular complexity index is 966. The third kappa shape index (κ3) is 5.74. The van der Waals surface area contributed by atoms with Gasteiger partial charge in [-0.2, -0.15) is 4.31 Å². The summed E-state index contributed by atoms with van der Waals surface area (Å²) in [7, 11) is -2.03. The minimum atomic E-state index is -3.58. The first-order chi connectivity index (χ1) is 15.0. The van der Waals surface area contributed by atoms with Gasteiger partial charge in [0.05, 0.1) is 12.0 Å². The number of carbonyl (C=O) groups excluding carboxylic acids is 1. The average Bonchev–Trinajstić information content (AvgIpc) is 2.82. The topological polar surface area (TPSA) is 66.9 Å². The molecule has 6 nitrogen and oxygen atoms in total. The van der Waals surface area contributed by atoms with Gasteiger partial charge in [-0.1, -0.05) is 36.4 Å². The smallest absolute Gasteiger partial charge is 0.243 e. The quantitative estimate of drug-likeness (QED) is 0.559. The Hall–Kier alpha value is -2.64. The Morgan fingerprint density at radius 3 is 2.35 bits per heavy atom. The Morgan fingerprint density at radius 1 is 1.13 bits per heavy atom. The van der Waals surface area contributed by atoms with Crippen LogP contribution in [0.5, 0.6) is 5.75 Å². The number of nitrogens with zero attached hydrogens (tertiary/aromatic N) is 2. The van der Waals surface area contributed by atoms with Crippen LogP contribution in [0.3, 0.4) is 0 Å². The highest BCUT2D eigenvalue weighted by molar-refractivity contribution is 7.89. The zero-order valence-corrected chi connectivity index (χ0v) is 18.8. The summed E-state index contributed by atoms with van der Waals surface area (Å²) >= 11 is 0. The molecule has 0 atom stereocenters. The SMILES string of the molecule is C=CCN(CCc1ccccc1)C(=O)C1CCN(S(=O)(=O)c2ccc(OC)cc2)CC1. The number of ether oxygens (including phenoxy) is 1. The standard InChI is InChI=1S/C24H30N2O4S/c1-3-16-25(17-13-20-7-5-4-6-8-20)24(27)21-14-18-26(19-15-21)31(28,29)23-11-9-22(30-2)10-12-23/h3-12,21H,1,13-19H2,2H3. The van der Waals surface area contributed by atoms with Crippen molar-refractivity contribution in [1.29, 1.82) is 0 Å². The predicted molar refractivity (Wildman–Crippen MR) is 121 cm³/mol. The van der Waals surface area contributed by atoms with Crippen LogP contribution in [0.25, 0.3) is 0 Å². The molecule has 2 aromatic carbocycles. The largest absolute Gasteiger partial charge is 0.497 e. The molecule has 0 bridgehead atoms. The van der Waals surface area contributed by atoms with Crippen LogP contribution in [-0.2, 0) is 21.2 Å². The molecule has 0 aromatic heterocycles. The van der Waals surface area contributed by atoms with Crippen molar-refractivity contribution in [1.82, 2.24) is 9.21 Å². The molecule has 1 amide bonds. The van der Waals surface area contributed by atoms with Gasteiger partial charge < -0.3 is 9.64 Å². The molecule has 0 saturated carbocycles. The predicted octanol–water partition coefficient (Wildman–Crippen LogP) is 3.35. The van der Waals surface area contributed by atoms with E-state index in [9.17, 15) is 13.2 Å². The lowest BCUT2D eigenvalue weighted by atomic mass is 9.96. The normalized spacial score (nSPS) is 15.4. The number of benzene rings is 2. The number of hydrogen-bond donors (Lipinski definition) is 0. The van der Waals surface area contributed by atoms with Crippen molar-refractivity contribution in [2.45, 2.75) is 24.2 Å². The van der Waals surface area contributed by atoms with Crippen molar-refractivity contribution >= 4 is 15.9 Å². The Kier molecular flexibility index (Phi) is 7.87. The zero-order chi connectivity index (χ0) is 22.3. The molecule has 0 aliphatic carbocycles. The van der Waals surface area contributed by atoms with Gasteiger partial charge >= 0.3 is 0 Å². The van der Waals surface area contributed by atoms with Crippen LogP contribution < -0.4 is 4.74 Å². The lowest BCUT2D eigenvalue weighted by Gasteiger charge is -2.33. The monoisotopic (exact) mass is 442 g/mol. The molecule has 31 heavy (non-hydrogen) atoms.